The van der Waals surface area contributed by atoms with E-state index in [4.69, 9.17) is 5.11 Å². The number of hydrogen-bond donors (Lipinski definition) is 2. The Bertz CT molecular complexity index is 560. The molecule has 1 unspecified atom stereocenters. The number of anilines is 1. The van der Waals surface area contributed by atoms with Crippen molar-refractivity contribution in [2.75, 3.05) is 4.72 Å². The van der Waals surface area contributed by atoms with Crippen LogP contribution in [0, 0.1) is 13.8 Å². The number of sulfonamides is 1. The molecule has 0 fully saturated rings. The summed E-state index contributed by atoms with van der Waals surface area (Å²) in [5.74, 6) is -1.38. The predicted octanol–water partition coefficient (Wildman–Crippen LogP) is 2.28. The van der Waals surface area contributed by atoms with Gasteiger partial charge in [0.25, 0.3) is 0 Å². The Balaban J connectivity index is 3.17. The molecule has 0 spiro atoms. The van der Waals surface area contributed by atoms with Gasteiger partial charge in [0.05, 0.1) is 5.69 Å². The lowest BCUT2D eigenvalue weighted by atomic mass is 10.1. The summed E-state index contributed by atoms with van der Waals surface area (Å²) in [7, 11) is -3.94. The van der Waals surface area contributed by atoms with Gasteiger partial charge in [-0.3, -0.25) is 9.52 Å². The zero-order valence-electron chi connectivity index (χ0n) is 10.2. The zero-order valence-corrected chi connectivity index (χ0v) is 12.6. The molecule has 0 aliphatic carbocycles. The number of rotatable bonds is 4. The van der Waals surface area contributed by atoms with Gasteiger partial charge in [-0.2, -0.15) is 0 Å². The van der Waals surface area contributed by atoms with Crippen LogP contribution in [0.2, 0.25) is 0 Å². The molecule has 1 rings (SSSR count). The van der Waals surface area contributed by atoms with E-state index in [1.54, 1.807) is 26.0 Å². The van der Waals surface area contributed by atoms with E-state index in [0.717, 1.165) is 22.5 Å². The SMILES string of the molecule is Cc1cc(Br)cc(C)c1NS(=O)(=O)C(C)C(=O)O. The summed E-state index contributed by atoms with van der Waals surface area (Å²) in [5.41, 5.74) is 1.87. The van der Waals surface area contributed by atoms with Crippen molar-refractivity contribution in [3.8, 4) is 0 Å². The fraction of sp³-hybridized carbons (Fsp3) is 0.364. The Labute approximate surface area is 114 Å². The molecule has 0 saturated heterocycles. The van der Waals surface area contributed by atoms with E-state index in [1.807, 2.05) is 0 Å². The Kier molecular flexibility index (Phi) is 4.39. The first kappa shape index (κ1) is 15.0. The van der Waals surface area contributed by atoms with Crippen molar-refractivity contribution >= 4 is 37.6 Å². The van der Waals surface area contributed by atoms with E-state index < -0.39 is 21.2 Å². The smallest absolute Gasteiger partial charge is 0.323 e. The molecule has 0 aromatic heterocycles. The lowest BCUT2D eigenvalue weighted by molar-refractivity contribution is -0.136. The van der Waals surface area contributed by atoms with Gasteiger partial charge in [0.2, 0.25) is 10.0 Å². The summed E-state index contributed by atoms with van der Waals surface area (Å²) in [4.78, 5) is 10.7. The highest BCUT2D eigenvalue weighted by molar-refractivity contribution is 9.10. The van der Waals surface area contributed by atoms with Crippen LogP contribution in [0.5, 0.6) is 0 Å². The fourth-order valence-corrected chi connectivity index (χ4v) is 3.17. The van der Waals surface area contributed by atoms with Crippen LogP contribution in [0.3, 0.4) is 0 Å². The van der Waals surface area contributed by atoms with Crippen LogP contribution in [-0.2, 0) is 14.8 Å². The second-order valence-electron chi connectivity index (χ2n) is 4.04. The first-order chi connectivity index (χ1) is 8.15. The predicted molar refractivity (Wildman–Crippen MR) is 73.3 cm³/mol. The van der Waals surface area contributed by atoms with Crippen LogP contribution >= 0.6 is 15.9 Å². The van der Waals surface area contributed by atoms with E-state index >= 15 is 0 Å². The number of nitrogens with one attached hydrogen (secondary N) is 1. The van der Waals surface area contributed by atoms with E-state index in [0.29, 0.717) is 5.69 Å². The van der Waals surface area contributed by atoms with Crippen molar-refractivity contribution < 1.29 is 18.3 Å². The Morgan fingerprint density at radius 3 is 2.17 bits per heavy atom. The average molecular weight is 336 g/mol. The lowest BCUT2D eigenvalue weighted by Gasteiger charge is -2.15. The summed E-state index contributed by atoms with van der Waals surface area (Å²) in [5, 5.41) is 7.25. The summed E-state index contributed by atoms with van der Waals surface area (Å²) in [6.45, 7) is 4.64. The minimum atomic E-state index is -3.94. The Morgan fingerprint density at radius 2 is 1.78 bits per heavy atom. The molecule has 1 aromatic carbocycles. The highest BCUT2D eigenvalue weighted by atomic mass is 79.9. The van der Waals surface area contributed by atoms with Crippen molar-refractivity contribution in [1.82, 2.24) is 0 Å². The highest BCUT2D eigenvalue weighted by Gasteiger charge is 2.28. The number of hydrogen-bond acceptors (Lipinski definition) is 3. The molecule has 0 aliphatic rings. The van der Waals surface area contributed by atoms with Gasteiger partial charge in [0, 0.05) is 4.47 Å². The van der Waals surface area contributed by atoms with Gasteiger partial charge in [-0.15, -0.1) is 0 Å². The third-order valence-electron chi connectivity index (χ3n) is 2.56. The van der Waals surface area contributed by atoms with Crippen LogP contribution in [0.4, 0.5) is 5.69 Å². The first-order valence-electron chi connectivity index (χ1n) is 5.16. The van der Waals surface area contributed by atoms with E-state index in [-0.39, 0.29) is 0 Å². The van der Waals surface area contributed by atoms with Crippen molar-refractivity contribution in [3.63, 3.8) is 0 Å². The van der Waals surface area contributed by atoms with Crippen LogP contribution < -0.4 is 4.72 Å². The summed E-state index contributed by atoms with van der Waals surface area (Å²) in [6.07, 6.45) is 0. The van der Waals surface area contributed by atoms with Gasteiger partial charge >= 0.3 is 5.97 Å². The maximum absolute atomic E-state index is 11.8. The van der Waals surface area contributed by atoms with Crippen LogP contribution in [-0.4, -0.2) is 24.7 Å². The third kappa shape index (κ3) is 3.23. The van der Waals surface area contributed by atoms with Crippen LogP contribution in [0.15, 0.2) is 16.6 Å². The molecular weight excluding hydrogens is 322 g/mol. The molecule has 5 nitrogen and oxygen atoms in total. The van der Waals surface area contributed by atoms with Gasteiger partial charge in [0.1, 0.15) is 0 Å². The van der Waals surface area contributed by atoms with Gasteiger partial charge in [-0.05, 0) is 44.0 Å². The highest BCUT2D eigenvalue weighted by Crippen LogP contribution is 2.26. The van der Waals surface area contributed by atoms with Gasteiger partial charge in [-0.25, -0.2) is 8.42 Å². The monoisotopic (exact) mass is 335 g/mol. The Morgan fingerprint density at radius 1 is 1.33 bits per heavy atom. The number of halogens is 1. The summed E-state index contributed by atoms with van der Waals surface area (Å²) < 4.78 is 26.8. The number of carboxylic acids is 1. The molecule has 0 radical (unpaired) electrons. The molecule has 1 atom stereocenters. The normalized spacial score (nSPS) is 13.1. The molecule has 0 heterocycles. The number of benzene rings is 1. The first-order valence-corrected chi connectivity index (χ1v) is 7.50. The maximum atomic E-state index is 11.8. The molecule has 18 heavy (non-hydrogen) atoms. The third-order valence-corrected chi connectivity index (χ3v) is 4.63. The number of carboxylic acid groups (broad SMARTS) is 1. The van der Waals surface area contributed by atoms with Crippen molar-refractivity contribution in [1.29, 1.82) is 0 Å². The van der Waals surface area contributed by atoms with Crippen molar-refractivity contribution in [3.05, 3.63) is 27.7 Å². The maximum Gasteiger partial charge on any atom is 0.323 e. The molecule has 2 N–H and O–H groups in total. The van der Waals surface area contributed by atoms with Gasteiger partial charge < -0.3 is 5.11 Å². The largest absolute Gasteiger partial charge is 0.480 e. The van der Waals surface area contributed by atoms with E-state index in [9.17, 15) is 13.2 Å². The number of carbonyl (C=O) groups is 1. The second kappa shape index (κ2) is 5.27. The van der Waals surface area contributed by atoms with Gasteiger partial charge in [0.15, 0.2) is 5.25 Å². The summed E-state index contributed by atoms with van der Waals surface area (Å²) in [6, 6.07) is 3.52. The molecule has 100 valence electrons. The zero-order chi connectivity index (χ0) is 14.1. The topological polar surface area (TPSA) is 83.5 Å². The van der Waals surface area contributed by atoms with Crippen molar-refractivity contribution in [2.45, 2.75) is 26.0 Å². The molecule has 0 amide bonds. The quantitative estimate of drug-likeness (QED) is 0.884. The van der Waals surface area contributed by atoms with E-state index in [1.165, 1.54) is 0 Å². The molecule has 7 heteroatoms. The second-order valence-corrected chi connectivity index (χ2v) is 6.96. The lowest BCUT2D eigenvalue weighted by Crippen LogP contribution is -2.32. The Hall–Kier alpha value is -1.08. The van der Waals surface area contributed by atoms with Gasteiger partial charge in [-0.1, -0.05) is 15.9 Å². The molecule has 0 saturated carbocycles. The standard InChI is InChI=1S/C11H14BrNO4S/c1-6-4-9(12)5-7(2)10(6)13-18(16,17)8(3)11(14)15/h4-5,8,13H,1-3H3,(H,14,15). The fourth-order valence-electron chi connectivity index (χ4n) is 1.44. The van der Waals surface area contributed by atoms with Crippen LogP contribution in [0.25, 0.3) is 0 Å². The minimum Gasteiger partial charge on any atom is -0.480 e. The molecule has 0 bridgehead atoms. The van der Waals surface area contributed by atoms with Crippen molar-refractivity contribution in [2.24, 2.45) is 0 Å². The summed E-state index contributed by atoms with van der Waals surface area (Å²) >= 11 is 3.31. The minimum absolute atomic E-state index is 0.423. The number of aryl methyl sites for hydroxylation is 2. The molecule has 0 aliphatic heterocycles. The molecule has 1 aromatic rings. The van der Waals surface area contributed by atoms with Crippen LogP contribution in [0.1, 0.15) is 18.1 Å². The molecular formula is C11H14BrNO4S. The number of aliphatic carboxylic acids is 1. The average Bonchev–Trinajstić information content (AvgIpc) is 2.22. The van der Waals surface area contributed by atoms with E-state index in [2.05, 4.69) is 20.7 Å².